The number of aromatic nitrogens is 1. The van der Waals surface area contributed by atoms with Crippen molar-refractivity contribution in [1.29, 1.82) is 5.41 Å². The predicted octanol–water partition coefficient (Wildman–Crippen LogP) is 5.12. The maximum Gasteiger partial charge on any atom is 0.357 e. The molecule has 0 aliphatic rings. The molecule has 0 bridgehead atoms. The molecule has 0 saturated carbocycles. The molecule has 6 nitrogen and oxygen atoms in total. The van der Waals surface area contributed by atoms with Crippen molar-refractivity contribution in [2.45, 2.75) is 13.8 Å². The molecule has 3 aromatic rings. The van der Waals surface area contributed by atoms with Crippen LogP contribution in [0.15, 0.2) is 60.7 Å². The number of anilines is 3. The van der Waals surface area contributed by atoms with Crippen molar-refractivity contribution in [3.8, 4) is 11.1 Å². The number of esters is 1. The van der Waals surface area contributed by atoms with Gasteiger partial charge in [-0.3, -0.25) is 0 Å². The molecule has 0 amide bonds. The van der Waals surface area contributed by atoms with Gasteiger partial charge in [0.2, 0.25) is 0 Å². The highest BCUT2D eigenvalue weighted by molar-refractivity contribution is 6.08. The normalized spacial score (nSPS) is 10.4. The number of nitrogens with one attached hydrogen (secondary N) is 2. The summed E-state index contributed by atoms with van der Waals surface area (Å²) in [6.07, 6.45) is 0. The maximum atomic E-state index is 12.5. The highest BCUT2D eigenvalue weighted by Crippen LogP contribution is 2.32. The minimum Gasteiger partial charge on any atom is -0.461 e. The van der Waals surface area contributed by atoms with Gasteiger partial charge in [-0.15, -0.1) is 0 Å². The number of carbonyl (C=O) groups excluding carboxylic acids is 1. The lowest BCUT2D eigenvalue weighted by Gasteiger charge is -2.18. The van der Waals surface area contributed by atoms with Gasteiger partial charge in [0, 0.05) is 36.7 Å². The van der Waals surface area contributed by atoms with Crippen molar-refractivity contribution in [3.63, 3.8) is 0 Å². The van der Waals surface area contributed by atoms with Gasteiger partial charge < -0.3 is 20.4 Å². The second-order valence-corrected chi connectivity index (χ2v) is 7.06. The van der Waals surface area contributed by atoms with Crippen molar-refractivity contribution in [1.82, 2.24) is 4.98 Å². The van der Waals surface area contributed by atoms with E-state index in [2.05, 4.69) is 10.3 Å². The van der Waals surface area contributed by atoms with Crippen LogP contribution < -0.4 is 10.2 Å². The largest absolute Gasteiger partial charge is 0.461 e. The summed E-state index contributed by atoms with van der Waals surface area (Å²) in [7, 11) is 3.96. The monoisotopic (exact) mass is 402 g/mol. The van der Waals surface area contributed by atoms with Gasteiger partial charge in [0.1, 0.15) is 5.82 Å². The number of rotatable bonds is 7. The molecule has 2 aromatic carbocycles. The van der Waals surface area contributed by atoms with E-state index in [1.165, 1.54) is 0 Å². The van der Waals surface area contributed by atoms with Crippen LogP contribution in [0.5, 0.6) is 0 Å². The number of carbonyl (C=O) groups is 1. The Kier molecular flexibility index (Phi) is 6.47. The fourth-order valence-corrected chi connectivity index (χ4v) is 3.15. The first-order valence-corrected chi connectivity index (χ1v) is 9.78. The summed E-state index contributed by atoms with van der Waals surface area (Å²) in [5.41, 5.74) is 4.73. The SMILES string of the molecule is CCOC(=O)c1cc(-c2ccc(N(C)C)cc2)c(C(C)=N)c(Nc2ccccc2)n1. The Morgan fingerprint density at radius 3 is 2.33 bits per heavy atom. The molecular formula is C24H26N4O2. The quantitative estimate of drug-likeness (QED) is 0.423. The summed E-state index contributed by atoms with van der Waals surface area (Å²) in [6.45, 7) is 3.74. The first-order chi connectivity index (χ1) is 14.4. The van der Waals surface area contributed by atoms with Crippen molar-refractivity contribution in [2.75, 3.05) is 30.9 Å². The Hall–Kier alpha value is -3.67. The Morgan fingerprint density at radius 1 is 1.10 bits per heavy atom. The number of benzene rings is 2. The molecule has 0 aliphatic carbocycles. The van der Waals surface area contributed by atoms with Crippen LogP contribution >= 0.6 is 0 Å². The van der Waals surface area contributed by atoms with Gasteiger partial charge in [0.25, 0.3) is 0 Å². The average Bonchev–Trinajstić information content (AvgIpc) is 2.74. The lowest BCUT2D eigenvalue weighted by molar-refractivity contribution is 0.0519. The standard InChI is InChI=1S/C24H26N4O2/c1-5-30-24(29)21-15-20(17-11-13-19(14-12-17)28(3)4)22(16(2)25)23(27-21)26-18-9-7-6-8-10-18/h6-15,25H,5H2,1-4H3,(H,26,27). The molecule has 1 heterocycles. The van der Waals surface area contributed by atoms with E-state index in [1.807, 2.05) is 73.6 Å². The predicted molar refractivity (Wildman–Crippen MR) is 122 cm³/mol. The fraction of sp³-hybridized carbons (Fsp3) is 0.208. The number of hydrogen-bond donors (Lipinski definition) is 2. The molecule has 154 valence electrons. The van der Waals surface area contributed by atoms with Gasteiger partial charge in [0.05, 0.1) is 6.61 Å². The summed E-state index contributed by atoms with van der Waals surface area (Å²) >= 11 is 0. The maximum absolute atomic E-state index is 12.5. The molecule has 0 radical (unpaired) electrons. The second-order valence-electron chi connectivity index (χ2n) is 7.06. The molecule has 0 fully saturated rings. The molecule has 0 aliphatic heterocycles. The first-order valence-electron chi connectivity index (χ1n) is 9.78. The fourth-order valence-electron chi connectivity index (χ4n) is 3.15. The van der Waals surface area contributed by atoms with Crippen molar-refractivity contribution >= 4 is 28.9 Å². The molecule has 3 rings (SSSR count). The molecule has 2 N–H and O–H groups in total. The highest BCUT2D eigenvalue weighted by atomic mass is 16.5. The number of hydrogen-bond acceptors (Lipinski definition) is 6. The second kappa shape index (κ2) is 9.22. The van der Waals surface area contributed by atoms with Crippen molar-refractivity contribution < 1.29 is 9.53 Å². The molecule has 0 unspecified atom stereocenters. The van der Waals surface area contributed by atoms with Gasteiger partial charge in [0.15, 0.2) is 5.69 Å². The van der Waals surface area contributed by atoms with E-state index >= 15 is 0 Å². The van der Waals surface area contributed by atoms with Crippen LogP contribution in [0, 0.1) is 5.41 Å². The van der Waals surface area contributed by atoms with E-state index in [9.17, 15) is 4.79 Å². The van der Waals surface area contributed by atoms with E-state index in [0.717, 1.165) is 22.5 Å². The van der Waals surface area contributed by atoms with Gasteiger partial charge >= 0.3 is 5.97 Å². The smallest absolute Gasteiger partial charge is 0.357 e. The Morgan fingerprint density at radius 2 is 1.77 bits per heavy atom. The molecule has 0 saturated heterocycles. The summed E-state index contributed by atoms with van der Waals surface area (Å²) in [5.74, 6) is -0.0418. The van der Waals surface area contributed by atoms with Gasteiger partial charge in [-0.25, -0.2) is 9.78 Å². The van der Waals surface area contributed by atoms with Gasteiger partial charge in [-0.1, -0.05) is 30.3 Å². The number of para-hydroxylation sites is 1. The van der Waals surface area contributed by atoms with Crippen LogP contribution in [0.3, 0.4) is 0 Å². The molecule has 0 spiro atoms. The zero-order chi connectivity index (χ0) is 21.7. The zero-order valence-electron chi connectivity index (χ0n) is 17.7. The van der Waals surface area contributed by atoms with Crippen LogP contribution in [0.25, 0.3) is 11.1 Å². The molecule has 6 heteroatoms. The van der Waals surface area contributed by atoms with E-state index < -0.39 is 5.97 Å². The van der Waals surface area contributed by atoms with Crippen molar-refractivity contribution in [3.05, 3.63) is 71.9 Å². The van der Waals surface area contributed by atoms with E-state index in [4.69, 9.17) is 10.1 Å². The molecule has 30 heavy (non-hydrogen) atoms. The van der Waals surface area contributed by atoms with E-state index in [1.54, 1.807) is 19.9 Å². The third kappa shape index (κ3) is 4.66. The Balaban J connectivity index is 2.19. The third-order valence-corrected chi connectivity index (χ3v) is 4.61. The van der Waals surface area contributed by atoms with Gasteiger partial charge in [-0.2, -0.15) is 0 Å². The van der Waals surface area contributed by atoms with Crippen molar-refractivity contribution in [2.24, 2.45) is 0 Å². The highest BCUT2D eigenvalue weighted by Gasteiger charge is 2.20. The Bertz CT molecular complexity index is 1040. The third-order valence-electron chi connectivity index (χ3n) is 4.61. The van der Waals surface area contributed by atoms with Gasteiger partial charge in [-0.05, 0) is 55.3 Å². The van der Waals surface area contributed by atoms with Crippen LogP contribution in [0.1, 0.15) is 29.9 Å². The molecular weight excluding hydrogens is 376 g/mol. The summed E-state index contributed by atoms with van der Waals surface area (Å²) < 4.78 is 5.19. The zero-order valence-corrected chi connectivity index (χ0v) is 17.7. The van der Waals surface area contributed by atoms with Crippen LogP contribution in [-0.4, -0.2) is 37.4 Å². The number of nitrogens with zero attached hydrogens (tertiary/aromatic N) is 2. The molecule has 0 atom stereocenters. The lowest BCUT2D eigenvalue weighted by atomic mass is 9.96. The minimum absolute atomic E-state index is 0.201. The average molecular weight is 402 g/mol. The summed E-state index contributed by atoms with van der Waals surface area (Å²) in [4.78, 5) is 19.0. The van der Waals surface area contributed by atoms with Crippen LogP contribution in [0.2, 0.25) is 0 Å². The first kappa shape index (κ1) is 21.0. The van der Waals surface area contributed by atoms with Crippen LogP contribution in [0.4, 0.5) is 17.2 Å². The minimum atomic E-state index is -0.492. The van der Waals surface area contributed by atoms with E-state index in [-0.39, 0.29) is 12.3 Å². The lowest BCUT2D eigenvalue weighted by Crippen LogP contribution is -2.13. The number of pyridine rings is 1. The topological polar surface area (TPSA) is 78.3 Å². The Labute approximate surface area is 177 Å². The van der Waals surface area contributed by atoms with Crippen LogP contribution in [-0.2, 0) is 4.74 Å². The molecule has 1 aromatic heterocycles. The van der Waals surface area contributed by atoms with E-state index in [0.29, 0.717) is 17.1 Å². The summed E-state index contributed by atoms with van der Waals surface area (Å²) in [5, 5.41) is 11.7. The number of ether oxygens (including phenoxy) is 1. The summed E-state index contributed by atoms with van der Waals surface area (Å²) in [6, 6.07) is 19.3.